The SMILES string of the molecule is CC(C)(C)c1cccc(Oc2ccc(/C=C/c3cc(-c4ccc(F)cc4)ccc3C(=O)O)cc2[N+](=O)[O-])c1. The van der Waals surface area contributed by atoms with Gasteiger partial charge in [-0.1, -0.05) is 69.3 Å². The van der Waals surface area contributed by atoms with Crippen LogP contribution in [0.5, 0.6) is 11.5 Å². The predicted octanol–water partition coefficient (Wildman–Crippen LogP) is 8.36. The molecule has 4 aromatic rings. The number of ether oxygens (including phenoxy) is 1. The van der Waals surface area contributed by atoms with Crippen molar-refractivity contribution in [3.63, 3.8) is 0 Å². The van der Waals surface area contributed by atoms with Crippen LogP contribution in [0.2, 0.25) is 0 Å². The number of nitro groups is 1. The average molecular weight is 512 g/mol. The van der Waals surface area contributed by atoms with Gasteiger partial charge in [0.15, 0.2) is 0 Å². The third-order valence-corrected chi connectivity index (χ3v) is 6.02. The van der Waals surface area contributed by atoms with E-state index in [2.05, 4.69) is 20.8 Å². The zero-order valence-corrected chi connectivity index (χ0v) is 21.1. The van der Waals surface area contributed by atoms with Gasteiger partial charge in [-0.25, -0.2) is 9.18 Å². The number of halogens is 1. The molecule has 4 aromatic carbocycles. The Morgan fingerprint density at radius 3 is 2.29 bits per heavy atom. The maximum absolute atomic E-state index is 13.3. The Labute approximate surface area is 219 Å². The predicted molar refractivity (Wildman–Crippen MR) is 146 cm³/mol. The molecule has 0 atom stereocenters. The van der Waals surface area contributed by atoms with E-state index in [1.807, 2.05) is 18.2 Å². The Kier molecular flexibility index (Phi) is 7.39. The summed E-state index contributed by atoms with van der Waals surface area (Å²) < 4.78 is 19.2. The van der Waals surface area contributed by atoms with E-state index in [1.54, 1.807) is 48.6 Å². The molecule has 38 heavy (non-hydrogen) atoms. The van der Waals surface area contributed by atoms with E-state index in [1.165, 1.54) is 30.3 Å². The summed E-state index contributed by atoms with van der Waals surface area (Å²) >= 11 is 0. The molecule has 0 amide bonds. The third-order valence-electron chi connectivity index (χ3n) is 6.02. The van der Waals surface area contributed by atoms with Gasteiger partial charge in [0.2, 0.25) is 5.75 Å². The van der Waals surface area contributed by atoms with Crippen molar-refractivity contribution in [3.8, 4) is 22.6 Å². The molecule has 0 aliphatic heterocycles. The molecule has 0 spiro atoms. The molecule has 0 unspecified atom stereocenters. The summed E-state index contributed by atoms with van der Waals surface area (Å²) in [6, 6.07) is 22.7. The van der Waals surface area contributed by atoms with Gasteiger partial charge < -0.3 is 9.84 Å². The summed E-state index contributed by atoms with van der Waals surface area (Å²) in [5, 5.41) is 21.5. The normalized spacial score (nSPS) is 11.5. The van der Waals surface area contributed by atoms with Gasteiger partial charge in [-0.3, -0.25) is 10.1 Å². The summed E-state index contributed by atoms with van der Waals surface area (Å²) in [4.78, 5) is 23.1. The largest absolute Gasteiger partial charge is 0.478 e. The van der Waals surface area contributed by atoms with Crippen LogP contribution in [-0.2, 0) is 5.41 Å². The van der Waals surface area contributed by atoms with E-state index in [0.29, 0.717) is 22.4 Å². The number of nitro benzene ring substituents is 1. The fourth-order valence-corrected chi connectivity index (χ4v) is 3.92. The van der Waals surface area contributed by atoms with Crippen molar-refractivity contribution in [2.24, 2.45) is 0 Å². The van der Waals surface area contributed by atoms with Crippen molar-refractivity contribution in [2.45, 2.75) is 26.2 Å². The number of carboxylic acids is 1. The molecular formula is C31H26FNO5. The Morgan fingerprint density at radius 2 is 1.63 bits per heavy atom. The minimum absolute atomic E-state index is 0.0697. The highest BCUT2D eigenvalue weighted by atomic mass is 19.1. The molecule has 4 rings (SSSR count). The van der Waals surface area contributed by atoms with Gasteiger partial charge in [-0.2, -0.15) is 0 Å². The van der Waals surface area contributed by atoms with Gasteiger partial charge >= 0.3 is 11.7 Å². The number of rotatable bonds is 7. The van der Waals surface area contributed by atoms with E-state index in [-0.39, 0.29) is 28.2 Å². The average Bonchev–Trinajstić information content (AvgIpc) is 2.88. The van der Waals surface area contributed by atoms with E-state index < -0.39 is 10.9 Å². The summed E-state index contributed by atoms with van der Waals surface area (Å²) in [6.45, 7) is 6.21. The Bertz CT molecular complexity index is 1540. The van der Waals surface area contributed by atoms with Gasteiger partial charge in [-0.15, -0.1) is 0 Å². The van der Waals surface area contributed by atoms with Crippen molar-refractivity contribution in [1.29, 1.82) is 0 Å². The zero-order chi connectivity index (χ0) is 27.4. The second kappa shape index (κ2) is 10.7. The van der Waals surface area contributed by atoms with E-state index >= 15 is 0 Å². The monoisotopic (exact) mass is 511 g/mol. The standard InChI is InChI=1S/C31H26FNO5/c1-31(2,3)24-5-4-6-26(19-24)38-29-16-8-20(17-28(29)33(36)37)7-9-23-18-22(12-15-27(23)30(34)35)21-10-13-25(32)14-11-21/h4-19H,1-3H3,(H,34,35)/b9-7+. The molecule has 0 fully saturated rings. The lowest BCUT2D eigenvalue weighted by Gasteiger charge is -2.19. The van der Waals surface area contributed by atoms with Crippen molar-refractivity contribution >= 4 is 23.8 Å². The summed E-state index contributed by atoms with van der Waals surface area (Å²) in [5.74, 6) is -0.884. The van der Waals surface area contributed by atoms with Crippen LogP contribution in [0.1, 0.15) is 47.8 Å². The lowest BCUT2D eigenvalue weighted by Crippen LogP contribution is -2.10. The summed E-state index contributed by atoms with van der Waals surface area (Å²) in [5.41, 5.74) is 3.12. The molecule has 7 heteroatoms. The number of carboxylic acid groups (broad SMARTS) is 1. The number of nitrogens with zero attached hydrogens (tertiary/aromatic N) is 1. The quantitative estimate of drug-likeness (QED) is 0.153. The number of hydrogen-bond acceptors (Lipinski definition) is 4. The molecule has 0 bridgehead atoms. The molecule has 6 nitrogen and oxygen atoms in total. The Balaban J connectivity index is 1.66. The van der Waals surface area contributed by atoms with E-state index in [9.17, 15) is 24.4 Å². The number of hydrogen-bond donors (Lipinski definition) is 1. The lowest BCUT2D eigenvalue weighted by atomic mass is 9.87. The highest BCUT2D eigenvalue weighted by Crippen LogP contribution is 2.35. The first-order chi connectivity index (χ1) is 18.0. The number of benzene rings is 4. The lowest BCUT2D eigenvalue weighted by molar-refractivity contribution is -0.385. The van der Waals surface area contributed by atoms with E-state index in [0.717, 1.165) is 11.1 Å². The van der Waals surface area contributed by atoms with Crippen LogP contribution < -0.4 is 4.74 Å². The van der Waals surface area contributed by atoms with Crippen LogP contribution in [0.4, 0.5) is 10.1 Å². The van der Waals surface area contributed by atoms with Gasteiger partial charge in [0.05, 0.1) is 10.5 Å². The maximum Gasteiger partial charge on any atom is 0.336 e. The highest BCUT2D eigenvalue weighted by molar-refractivity contribution is 5.94. The first-order valence-electron chi connectivity index (χ1n) is 11.9. The fraction of sp³-hybridized carbons (Fsp3) is 0.129. The zero-order valence-electron chi connectivity index (χ0n) is 21.1. The van der Waals surface area contributed by atoms with Gasteiger partial charge in [0.1, 0.15) is 11.6 Å². The smallest absolute Gasteiger partial charge is 0.336 e. The molecule has 0 saturated heterocycles. The number of carbonyl (C=O) groups is 1. The van der Waals surface area contributed by atoms with Crippen LogP contribution in [0, 0.1) is 15.9 Å². The van der Waals surface area contributed by atoms with Crippen LogP contribution in [0.15, 0.2) is 84.9 Å². The molecule has 0 aliphatic carbocycles. The molecule has 1 N–H and O–H groups in total. The molecule has 0 saturated carbocycles. The Morgan fingerprint density at radius 1 is 0.921 bits per heavy atom. The second-order valence-corrected chi connectivity index (χ2v) is 9.81. The highest BCUT2D eigenvalue weighted by Gasteiger charge is 2.19. The minimum atomic E-state index is -1.11. The molecule has 0 radical (unpaired) electrons. The van der Waals surface area contributed by atoms with Crippen molar-refractivity contribution in [1.82, 2.24) is 0 Å². The molecule has 0 aromatic heterocycles. The van der Waals surface area contributed by atoms with Crippen LogP contribution >= 0.6 is 0 Å². The minimum Gasteiger partial charge on any atom is -0.478 e. The second-order valence-electron chi connectivity index (χ2n) is 9.81. The van der Waals surface area contributed by atoms with Gasteiger partial charge in [0, 0.05) is 6.07 Å². The third kappa shape index (κ3) is 6.13. The van der Waals surface area contributed by atoms with Gasteiger partial charge in [-0.05, 0) is 75.7 Å². The van der Waals surface area contributed by atoms with Crippen molar-refractivity contribution in [3.05, 3.63) is 123 Å². The van der Waals surface area contributed by atoms with Crippen molar-refractivity contribution in [2.75, 3.05) is 0 Å². The van der Waals surface area contributed by atoms with Crippen LogP contribution in [-0.4, -0.2) is 16.0 Å². The Hall–Kier alpha value is -4.78. The summed E-state index contributed by atoms with van der Waals surface area (Å²) in [6.07, 6.45) is 3.19. The van der Waals surface area contributed by atoms with E-state index in [4.69, 9.17) is 4.74 Å². The first kappa shape index (κ1) is 26.3. The molecule has 0 aliphatic rings. The molecule has 192 valence electrons. The van der Waals surface area contributed by atoms with Crippen molar-refractivity contribution < 1.29 is 24.0 Å². The van der Waals surface area contributed by atoms with Gasteiger partial charge in [0.25, 0.3) is 0 Å². The van der Waals surface area contributed by atoms with Crippen LogP contribution in [0.25, 0.3) is 23.3 Å². The number of aromatic carboxylic acids is 1. The molecule has 0 heterocycles. The topological polar surface area (TPSA) is 89.7 Å². The van der Waals surface area contributed by atoms with Crippen LogP contribution in [0.3, 0.4) is 0 Å². The molecular weight excluding hydrogens is 485 g/mol. The maximum atomic E-state index is 13.3. The summed E-state index contributed by atoms with van der Waals surface area (Å²) in [7, 11) is 0. The first-order valence-corrected chi connectivity index (χ1v) is 11.9. The fourth-order valence-electron chi connectivity index (χ4n) is 3.92.